The van der Waals surface area contributed by atoms with Crippen molar-refractivity contribution in [2.45, 2.75) is 59.3 Å². The van der Waals surface area contributed by atoms with Crippen molar-refractivity contribution in [2.75, 3.05) is 0 Å². The zero-order valence-corrected chi connectivity index (χ0v) is 16.3. The summed E-state index contributed by atoms with van der Waals surface area (Å²) in [6.07, 6.45) is 5.18. The van der Waals surface area contributed by atoms with E-state index in [0.29, 0.717) is 23.3 Å². The summed E-state index contributed by atoms with van der Waals surface area (Å²) in [5.74, 6) is 2.93. The second-order valence-corrected chi connectivity index (χ2v) is 8.86. The highest BCUT2D eigenvalue weighted by molar-refractivity contribution is 5.54. The third-order valence-corrected chi connectivity index (χ3v) is 6.84. The molecule has 26 heavy (non-hydrogen) atoms. The highest BCUT2D eigenvalue weighted by Crippen LogP contribution is 2.57. The van der Waals surface area contributed by atoms with Crippen LogP contribution >= 0.6 is 0 Å². The number of aryl methyl sites for hydroxylation is 4. The Labute approximate surface area is 156 Å². The summed E-state index contributed by atoms with van der Waals surface area (Å²) in [6.45, 7) is 8.14. The predicted molar refractivity (Wildman–Crippen MR) is 106 cm³/mol. The Morgan fingerprint density at radius 3 is 1.73 bits per heavy atom. The van der Waals surface area contributed by atoms with E-state index < -0.39 is 0 Å². The van der Waals surface area contributed by atoms with Gasteiger partial charge < -0.3 is 10.2 Å². The van der Waals surface area contributed by atoms with Gasteiger partial charge in [-0.15, -0.1) is 0 Å². The molecule has 4 rings (SSSR count). The molecule has 0 heterocycles. The van der Waals surface area contributed by atoms with Gasteiger partial charge in [0.2, 0.25) is 0 Å². The van der Waals surface area contributed by atoms with E-state index in [0.717, 1.165) is 28.2 Å². The van der Waals surface area contributed by atoms with E-state index in [-0.39, 0.29) is 5.92 Å². The molecule has 2 bridgehead atoms. The van der Waals surface area contributed by atoms with Crippen molar-refractivity contribution < 1.29 is 10.2 Å². The monoisotopic (exact) mass is 350 g/mol. The van der Waals surface area contributed by atoms with Crippen molar-refractivity contribution in [1.82, 2.24) is 0 Å². The largest absolute Gasteiger partial charge is 0.507 e. The summed E-state index contributed by atoms with van der Waals surface area (Å²) >= 11 is 0. The van der Waals surface area contributed by atoms with Crippen LogP contribution in [0.4, 0.5) is 0 Å². The van der Waals surface area contributed by atoms with Gasteiger partial charge in [0.1, 0.15) is 11.5 Å². The highest BCUT2D eigenvalue weighted by Gasteiger charge is 2.45. The predicted octanol–water partition coefficient (Wildman–Crippen LogP) is 5.90. The lowest BCUT2D eigenvalue weighted by Crippen LogP contribution is -2.21. The minimum atomic E-state index is 0.0718. The summed E-state index contributed by atoms with van der Waals surface area (Å²) in [6, 6.07) is 8.35. The molecule has 2 aliphatic carbocycles. The van der Waals surface area contributed by atoms with Gasteiger partial charge in [-0.25, -0.2) is 0 Å². The van der Waals surface area contributed by atoms with Gasteiger partial charge in [0.15, 0.2) is 0 Å². The fourth-order valence-electron chi connectivity index (χ4n) is 5.79. The smallest absolute Gasteiger partial charge is 0.122 e. The van der Waals surface area contributed by atoms with Crippen LogP contribution in [0.15, 0.2) is 24.3 Å². The van der Waals surface area contributed by atoms with Gasteiger partial charge in [-0.1, -0.05) is 41.8 Å². The number of phenols is 2. The first-order valence-corrected chi connectivity index (χ1v) is 9.95. The molecule has 2 saturated carbocycles. The molecule has 0 amide bonds. The fraction of sp³-hybridized carbons (Fsp3) is 0.500. The van der Waals surface area contributed by atoms with Crippen LogP contribution in [0.2, 0.25) is 0 Å². The first-order valence-electron chi connectivity index (χ1n) is 9.95. The third-order valence-electron chi connectivity index (χ3n) is 6.84. The van der Waals surface area contributed by atoms with Crippen LogP contribution in [0.5, 0.6) is 11.5 Å². The van der Waals surface area contributed by atoms with Crippen molar-refractivity contribution >= 4 is 0 Å². The molecule has 3 atom stereocenters. The second kappa shape index (κ2) is 6.33. The minimum Gasteiger partial charge on any atom is -0.507 e. The lowest BCUT2D eigenvalue weighted by Gasteiger charge is -2.33. The van der Waals surface area contributed by atoms with Crippen LogP contribution in [0.1, 0.15) is 65.0 Å². The molecule has 0 saturated heterocycles. The maximum Gasteiger partial charge on any atom is 0.122 e. The number of rotatable bonds is 3. The quantitative estimate of drug-likeness (QED) is 0.723. The number of phenolic OH excluding ortho intramolecular Hbond substituents is 2. The van der Waals surface area contributed by atoms with Crippen molar-refractivity contribution in [3.8, 4) is 11.5 Å². The summed E-state index contributed by atoms with van der Waals surface area (Å²) < 4.78 is 0. The Kier molecular flexibility index (Phi) is 4.25. The zero-order valence-electron chi connectivity index (χ0n) is 16.3. The fourth-order valence-corrected chi connectivity index (χ4v) is 5.79. The summed E-state index contributed by atoms with van der Waals surface area (Å²) in [5.41, 5.74) is 6.20. The highest BCUT2D eigenvalue weighted by atomic mass is 16.3. The molecule has 0 spiro atoms. The summed E-state index contributed by atoms with van der Waals surface area (Å²) in [5, 5.41) is 21.9. The lowest BCUT2D eigenvalue weighted by molar-refractivity contribution is 0.294. The average molecular weight is 351 g/mol. The van der Waals surface area contributed by atoms with Crippen LogP contribution in [-0.4, -0.2) is 10.2 Å². The lowest BCUT2D eigenvalue weighted by atomic mass is 9.71. The molecule has 0 aliphatic heterocycles. The number of aromatic hydroxyl groups is 2. The van der Waals surface area contributed by atoms with Crippen molar-refractivity contribution in [2.24, 2.45) is 17.8 Å². The molecule has 2 fully saturated rings. The van der Waals surface area contributed by atoms with E-state index in [4.69, 9.17) is 0 Å². The molecule has 2 heteroatoms. The molecule has 2 N–H and O–H groups in total. The average Bonchev–Trinajstić information content (AvgIpc) is 3.19. The van der Waals surface area contributed by atoms with Crippen molar-refractivity contribution in [3.63, 3.8) is 0 Å². The van der Waals surface area contributed by atoms with Crippen LogP contribution in [0.25, 0.3) is 0 Å². The Balaban J connectivity index is 1.92. The van der Waals surface area contributed by atoms with E-state index in [1.54, 1.807) is 0 Å². The standard InChI is InChI=1S/C24H30O2/c1-13-7-15(3)23(25)20(9-13)22(19-12-17-5-6-18(19)11-17)21-10-14(2)8-16(4)24(21)26/h7-10,17-19,22,25-26H,5-6,11-12H2,1-4H3. The molecule has 2 aromatic rings. The number of fused-ring (bicyclic) bond motifs is 2. The molecule has 2 nitrogen and oxygen atoms in total. The first kappa shape index (κ1) is 17.5. The Morgan fingerprint density at radius 1 is 0.769 bits per heavy atom. The van der Waals surface area contributed by atoms with Crippen LogP contribution in [0, 0.1) is 45.4 Å². The van der Waals surface area contributed by atoms with Crippen molar-refractivity contribution in [3.05, 3.63) is 57.6 Å². The molecule has 2 aliphatic rings. The molecule has 138 valence electrons. The number of hydrogen-bond donors (Lipinski definition) is 2. The van der Waals surface area contributed by atoms with E-state index in [1.165, 1.54) is 36.8 Å². The first-order chi connectivity index (χ1) is 12.3. The second-order valence-electron chi connectivity index (χ2n) is 8.86. The molecular formula is C24H30O2. The maximum absolute atomic E-state index is 10.9. The topological polar surface area (TPSA) is 40.5 Å². The van der Waals surface area contributed by atoms with Crippen LogP contribution in [-0.2, 0) is 0 Å². The van der Waals surface area contributed by atoms with Gasteiger partial charge in [0.05, 0.1) is 0 Å². The normalized spacial score (nSPS) is 24.6. The molecule has 3 unspecified atom stereocenters. The van der Waals surface area contributed by atoms with Crippen molar-refractivity contribution in [1.29, 1.82) is 0 Å². The Hall–Kier alpha value is -1.96. The molecule has 2 aromatic carbocycles. The van der Waals surface area contributed by atoms with Gasteiger partial charge in [-0.2, -0.15) is 0 Å². The van der Waals surface area contributed by atoms with Gasteiger partial charge >= 0.3 is 0 Å². The Bertz CT molecular complexity index is 794. The summed E-state index contributed by atoms with van der Waals surface area (Å²) in [7, 11) is 0. The van der Waals surface area contributed by atoms with E-state index in [1.807, 2.05) is 26.0 Å². The van der Waals surface area contributed by atoms with Crippen LogP contribution in [0.3, 0.4) is 0 Å². The molecular weight excluding hydrogens is 320 g/mol. The van der Waals surface area contributed by atoms with E-state index in [2.05, 4.69) is 26.0 Å². The van der Waals surface area contributed by atoms with Crippen LogP contribution < -0.4 is 0 Å². The number of benzene rings is 2. The van der Waals surface area contributed by atoms with Gasteiger partial charge in [0.25, 0.3) is 0 Å². The maximum atomic E-state index is 10.9. The minimum absolute atomic E-state index is 0.0718. The molecule has 0 aromatic heterocycles. The summed E-state index contributed by atoms with van der Waals surface area (Å²) in [4.78, 5) is 0. The number of hydrogen-bond acceptors (Lipinski definition) is 2. The molecule has 0 radical (unpaired) electrons. The van der Waals surface area contributed by atoms with Gasteiger partial charge in [0, 0.05) is 17.0 Å². The Morgan fingerprint density at radius 2 is 1.31 bits per heavy atom. The van der Waals surface area contributed by atoms with E-state index in [9.17, 15) is 10.2 Å². The third kappa shape index (κ3) is 2.80. The SMILES string of the molecule is Cc1cc(C)c(O)c(C(c2cc(C)cc(C)c2O)C2CC3CCC2C3)c1. The zero-order chi connectivity index (χ0) is 18.6. The van der Waals surface area contributed by atoms with Gasteiger partial charge in [-0.3, -0.25) is 0 Å². The van der Waals surface area contributed by atoms with E-state index >= 15 is 0 Å². The van der Waals surface area contributed by atoms with Gasteiger partial charge in [-0.05, 0) is 75.8 Å².